The van der Waals surface area contributed by atoms with Gasteiger partial charge < -0.3 is 4.90 Å². The van der Waals surface area contributed by atoms with Crippen LogP contribution in [0.4, 0.5) is 8.78 Å². The SMILES string of the molecule is CCC(=O)N1CC2(C1)CC(F)(F)C2. The average Bonchev–Trinajstić information content (AvgIpc) is 1.93. The molecular weight excluding hydrogens is 176 g/mol. The number of hydrogen-bond donors (Lipinski definition) is 0. The van der Waals surface area contributed by atoms with Crippen LogP contribution in [0.3, 0.4) is 0 Å². The molecule has 2 fully saturated rings. The van der Waals surface area contributed by atoms with Gasteiger partial charge >= 0.3 is 0 Å². The smallest absolute Gasteiger partial charge is 0.249 e. The molecule has 0 radical (unpaired) electrons. The van der Waals surface area contributed by atoms with Crippen LogP contribution in [0.1, 0.15) is 26.2 Å². The third-order valence-corrected chi connectivity index (χ3v) is 2.97. The molecule has 2 rings (SSSR count). The Morgan fingerprint density at radius 3 is 2.31 bits per heavy atom. The molecule has 13 heavy (non-hydrogen) atoms. The first kappa shape index (κ1) is 8.91. The Morgan fingerprint density at radius 2 is 1.92 bits per heavy atom. The van der Waals surface area contributed by atoms with Gasteiger partial charge in [-0.3, -0.25) is 4.79 Å². The van der Waals surface area contributed by atoms with Crippen molar-refractivity contribution in [1.29, 1.82) is 0 Å². The van der Waals surface area contributed by atoms with Crippen molar-refractivity contribution in [2.75, 3.05) is 13.1 Å². The van der Waals surface area contributed by atoms with Gasteiger partial charge in [0.15, 0.2) is 0 Å². The van der Waals surface area contributed by atoms with Gasteiger partial charge in [-0.25, -0.2) is 8.78 Å². The minimum absolute atomic E-state index is 0.0203. The monoisotopic (exact) mass is 189 g/mol. The molecule has 2 nitrogen and oxygen atoms in total. The van der Waals surface area contributed by atoms with E-state index in [1.807, 2.05) is 0 Å². The molecule has 0 bridgehead atoms. The maximum absolute atomic E-state index is 12.6. The molecule has 0 atom stereocenters. The number of hydrogen-bond acceptors (Lipinski definition) is 1. The summed E-state index contributed by atoms with van der Waals surface area (Å²) >= 11 is 0. The van der Waals surface area contributed by atoms with Crippen molar-refractivity contribution in [2.45, 2.75) is 32.1 Å². The van der Waals surface area contributed by atoms with Gasteiger partial charge in [-0.1, -0.05) is 6.92 Å². The highest BCUT2D eigenvalue weighted by Gasteiger charge is 2.62. The van der Waals surface area contributed by atoms with Crippen LogP contribution < -0.4 is 0 Å². The molecule has 2 aliphatic rings. The molecule has 0 aromatic rings. The lowest BCUT2D eigenvalue weighted by Gasteiger charge is -2.58. The Hall–Kier alpha value is -0.670. The molecular formula is C9H13F2NO. The molecule has 1 saturated carbocycles. The molecule has 1 amide bonds. The lowest BCUT2D eigenvalue weighted by molar-refractivity contribution is -0.214. The minimum Gasteiger partial charge on any atom is -0.341 e. The van der Waals surface area contributed by atoms with Crippen LogP contribution in [0.2, 0.25) is 0 Å². The van der Waals surface area contributed by atoms with Crippen LogP contribution in [0.5, 0.6) is 0 Å². The van der Waals surface area contributed by atoms with Crippen LogP contribution in [-0.2, 0) is 4.79 Å². The number of amides is 1. The maximum atomic E-state index is 12.6. The molecule has 1 saturated heterocycles. The van der Waals surface area contributed by atoms with Crippen LogP contribution in [0, 0.1) is 5.41 Å². The highest BCUT2D eigenvalue weighted by Crippen LogP contribution is 2.56. The Balaban J connectivity index is 1.83. The molecule has 1 heterocycles. The highest BCUT2D eigenvalue weighted by molar-refractivity contribution is 5.77. The molecule has 1 aliphatic heterocycles. The second-order valence-corrected chi connectivity index (χ2v) is 4.31. The quantitative estimate of drug-likeness (QED) is 0.614. The lowest BCUT2D eigenvalue weighted by atomic mass is 9.61. The van der Waals surface area contributed by atoms with Gasteiger partial charge in [-0.2, -0.15) is 0 Å². The first-order valence-corrected chi connectivity index (χ1v) is 4.62. The van der Waals surface area contributed by atoms with E-state index >= 15 is 0 Å². The second kappa shape index (κ2) is 2.42. The van der Waals surface area contributed by atoms with E-state index in [1.54, 1.807) is 11.8 Å². The van der Waals surface area contributed by atoms with E-state index in [9.17, 15) is 13.6 Å². The summed E-state index contributed by atoms with van der Waals surface area (Å²) in [5, 5.41) is 0. The molecule has 4 heteroatoms. The minimum atomic E-state index is -2.46. The summed E-state index contributed by atoms with van der Waals surface area (Å²) in [7, 11) is 0. The number of nitrogens with zero attached hydrogens (tertiary/aromatic N) is 1. The number of carbonyl (C=O) groups excluding carboxylic acids is 1. The van der Waals surface area contributed by atoms with Crippen molar-refractivity contribution in [3.8, 4) is 0 Å². The van der Waals surface area contributed by atoms with Crippen LogP contribution >= 0.6 is 0 Å². The molecule has 0 aromatic carbocycles. The van der Waals surface area contributed by atoms with Crippen LogP contribution in [0.15, 0.2) is 0 Å². The largest absolute Gasteiger partial charge is 0.341 e. The fourth-order valence-electron chi connectivity index (χ4n) is 2.43. The molecule has 1 aliphatic carbocycles. The van der Waals surface area contributed by atoms with E-state index in [1.165, 1.54) is 0 Å². The van der Waals surface area contributed by atoms with Crippen molar-refractivity contribution in [3.05, 3.63) is 0 Å². The lowest BCUT2D eigenvalue weighted by Crippen LogP contribution is -2.66. The summed E-state index contributed by atoms with van der Waals surface area (Å²) in [5.41, 5.74) is -0.214. The van der Waals surface area contributed by atoms with Gasteiger partial charge in [0.05, 0.1) is 0 Å². The summed E-state index contributed by atoms with van der Waals surface area (Å²) in [6, 6.07) is 0. The topological polar surface area (TPSA) is 20.3 Å². The molecule has 74 valence electrons. The maximum Gasteiger partial charge on any atom is 0.249 e. The molecule has 1 spiro atoms. The zero-order valence-corrected chi connectivity index (χ0v) is 7.65. The number of carbonyl (C=O) groups is 1. The van der Waals surface area contributed by atoms with Crippen LogP contribution in [0.25, 0.3) is 0 Å². The Labute approximate surface area is 75.9 Å². The van der Waals surface area contributed by atoms with Gasteiger partial charge in [0, 0.05) is 37.8 Å². The number of rotatable bonds is 1. The summed E-state index contributed by atoms with van der Waals surface area (Å²) < 4.78 is 25.1. The zero-order valence-electron chi connectivity index (χ0n) is 7.65. The van der Waals surface area contributed by atoms with E-state index in [4.69, 9.17) is 0 Å². The van der Waals surface area contributed by atoms with Crippen molar-refractivity contribution < 1.29 is 13.6 Å². The van der Waals surface area contributed by atoms with Crippen molar-refractivity contribution in [3.63, 3.8) is 0 Å². The van der Waals surface area contributed by atoms with Gasteiger partial charge in [0.25, 0.3) is 0 Å². The van der Waals surface area contributed by atoms with Gasteiger partial charge in [-0.15, -0.1) is 0 Å². The van der Waals surface area contributed by atoms with E-state index in [-0.39, 0.29) is 24.2 Å². The summed E-state index contributed by atoms with van der Waals surface area (Å²) in [6.07, 6.45) is 0.438. The first-order valence-electron chi connectivity index (χ1n) is 4.62. The van der Waals surface area contributed by atoms with Crippen LogP contribution in [-0.4, -0.2) is 29.8 Å². The molecule has 0 unspecified atom stereocenters. The zero-order chi connectivity index (χ0) is 9.69. The predicted octanol–water partition coefficient (Wildman–Crippen LogP) is 1.65. The Morgan fingerprint density at radius 1 is 1.38 bits per heavy atom. The van der Waals surface area contributed by atoms with E-state index < -0.39 is 5.92 Å². The van der Waals surface area contributed by atoms with E-state index in [0.29, 0.717) is 19.5 Å². The summed E-state index contributed by atoms with van der Waals surface area (Å²) in [4.78, 5) is 12.8. The van der Waals surface area contributed by atoms with E-state index in [0.717, 1.165) is 0 Å². The summed E-state index contributed by atoms with van der Waals surface area (Å²) in [6.45, 7) is 2.90. The van der Waals surface area contributed by atoms with Gasteiger partial charge in [0.1, 0.15) is 0 Å². The number of halogens is 2. The van der Waals surface area contributed by atoms with Crippen molar-refractivity contribution in [2.24, 2.45) is 5.41 Å². The van der Waals surface area contributed by atoms with Crippen molar-refractivity contribution in [1.82, 2.24) is 4.90 Å². The fourth-order valence-corrected chi connectivity index (χ4v) is 2.43. The Bertz CT molecular complexity index is 236. The van der Waals surface area contributed by atoms with Gasteiger partial charge in [0.2, 0.25) is 11.8 Å². The number of alkyl halides is 2. The summed E-state index contributed by atoms with van der Waals surface area (Å²) in [5.74, 6) is -2.37. The normalized spacial score (nSPS) is 28.1. The second-order valence-electron chi connectivity index (χ2n) is 4.31. The Kier molecular flexibility index (Phi) is 1.66. The fraction of sp³-hybridized carbons (Fsp3) is 0.889. The molecule has 0 aromatic heterocycles. The first-order chi connectivity index (χ1) is 5.96. The van der Waals surface area contributed by atoms with Crippen molar-refractivity contribution >= 4 is 5.91 Å². The van der Waals surface area contributed by atoms with Gasteiger partial charge in [-0.05, 0) is 0 Å². The third-order valence-electron chi connectivity index (χ3n) is 2.97. The molecule has 0 N–H and O–H groups in total. The standard InChI is InChI=1S/C9H13F2NO/c1-2-7(13)12-5-8(6-12)3-9(10,11)4-8/h2-6H2,1H3. The number of likely N-dealkylation sites (tertiary alicyclic amines) is 1. The third kappa shape index (κ3) is 1.32. The average molecular weight is 189 g/mol. The van der Waals surface area contributed by atoms with E-state index in [2.05, 4.69) is 0 Å². The predicted molar refractivity (Wildman–Crippen MR) is 43.5 cm³/mol. The highest BCUT2D eigenvalue weighted by atomic mass is 19.3.